The molecule has 2 aliphatic rings. The summed E-state index contributed by atoms with van der Waals surface area (Å²) < 4.78 is 13.7. The van der Waals surface area contributed by atoms with E-state index in [-0.39, 0.29) is 13.0 Å². The van der Waals surface area contributed by atoms with Gasteiger partial charge in [-0.15, -0.1) is 0 Å². The second kappa shape index (κ2) is 6.63. The predicted octanol–water partition coefficient (Wildman–Crippen LogP) is 0.767. The number of ether oxygens (including phenoxy) is 1. The maximum absolute atomic E-state index is 13.1. The predicted molar refractivity (Wildman–Crippen MR) is 94.8 cm³/mol. The molecule has 1 atom stereocenters. The molecule has 0 bridgehead atoms. The van der Waals surface area contributed by atoms with Gasteiger partial charge in [0, 0.05) is 13.6 Å². The lowest BCUT2D eigenvalue weighted by Crippen LogP contribution is -2.62. The largest absolute Gasteiger partial charge is 0.469 e. The van der Waals surface area contributed by atoms with Crippen molar-refractivity contribution in [2.24, 2.45) is 4.99 Å². The zero-order valence-corrected chi connectivity index (χ0v) is 15.8. The number of hydrogen-bond donors (Lipinski definition) is 0. The average Bonchev–Trinajstić information content (AvgIpc) is 3.37. The Hall–Kier alpha value is -3.43. The van der Waals surface area contributed by atoms with Crippen LogP contribution in [0.25, 0.3) is 0 Å². The number of fused-ring (bicyclic) bond motifs is 3. The van der Waals surface area contributed by atoms with Crippen LogP contribution < -0.4 is 4.57 Å². The van der Waals surface area contributed by atoms with Gasteiger partial charge in [0.2, 0.25) is 11.9 Å². The molecule has 1 fully saturated rings. The highest BCUT2D eigenvalue weighted by molar-refractivity contribution is 6.19. The quantitative estimate of drug-likeness (QED) is 0.558. The second-order valence-corrected chi connectivity index (χ2v) is 6.67. The molecule has 3 amide bonds. The van der Waals surface area contributed by atoms with E-state index in [9.17, 15) is 14.4 Å². The van der Waals surface area contributed by atoms with E-state index in [1.54, 1.807) is 17.9 Å². The van der Waals surface area contributed by atoms with Crippen LogP contribution in [-0.2, 0) is 20.9 Å². The van der Waals surface area contributed by atoms with Gasteiger partial charge in [0.1, 0.15) is 24.2 Å². The first-order valence-electron chi connectivity index (χ1n) is 8.80. The number of aromatic nitrogens is 2. The number of imide groups is 1. The molecule has 0 spiro atoms. The van der Waals surface area contributed by atoms with Gasteiger partial charge >= 0.3 is 17.9 Å². The van der Waals surface area contributed by atoms with Crippen molar-refractivity contribution >= 4 is 29.7 Å². The van der Waals surface area contributed by atoms with Crippen LogP contribution in [0.3, 0.4) is 0 Å². The van der Waals surface area contributed by atoms with Crippen LogP contribution in [0.1, 0.15) is 23.9 Å². The molecule has 0 aliphatic carbocycles. The summed E-state index contributed by atoms with van der Waals surface area (Å²) in [4.78, 5) is 44.1. The number of hydrogen-bond acceptors (Lipinski definition) is 6. The summed E-state index contributed by atoms with van der Waals surface area (Å²) in [6.07, 6.45) is 3.37. The van der Waals surface area contributed by atoms with Crippen molar-refractivity contribution in [2.45, 2.75) is 25.9 Å². The second-order valence-electron chi connectivity index (χ2n) is 6.67. The number of nitrogens with zero attached hydrogens (tertiary/aromatic N) is 5. The molecular formula is C18H20N5O5+. The third-order valence-electron chi connectivity index (χ3n) is 4.98. The zero-order valence-electron chi connectivity index (χ0n) is 15.8. The van der Waals surface area contributed by atoms with Crippen LogP contribution in [0.2, 0.25) is 0 Å². The summed E-state index contributed by atoms with van der Waals surface area (Å²) in [6.45, 7) is 2.34. The van der Waals surface area contributed by atoms with Crippen LogP contribution in [0.15, 0.2) is 34.0 Å². The molecular weight excluding hydrogens is 366 g/mol. The molecule has 1 saturated heterocycles. The fraction of sp³-hybridized carbons (Fsp3) is 0.389. The highest BCUT2D eigenvalue weighted by atomic mass is 16.5. The van der Waals surface area contributed by atoms with E-state index in [0.717, 1.165) is 16.4 Å². The summed E-state index contributed by atoms with van der Waals surface area (Å²) in [7, 11) is 2.84. The number of likely N-dealkylation sites (N-methyl/N-ethyl adjacent to an activating group) is 1. The molecule has 2 aromatic rings. The number of esters is 1. The molecule has 10 nitrogen and oxygen atoms in total. The van der Waals surface area contributed by atoms with Crippen LogP contribution in [0.4, 0.5) is 10.7 Å². The van der Waals surface area contributed by atoms with Gasteiger partial charge < -0.3 is 9.15 Å². The smallest absolute Gasteiger partial charge is 0.402 e. The van der Waals surface area contributed by atoms with E-state index < -0.39 is 23.9 Å². The van der Waals surface area contributed by atoms with Crippen molar-refractivity contribution in [1.29, 1.82) is 0 Å². The third-order valence-corrected chi connectivity index (χ3v) is 4.98. The third kappa shape index (κ3) is 2.68. The van der Waals surface area contributed by atoms with Crippen molar-refractivity contribution < 1.29 is 28.1 Å². The van der Waals surface area contributed by atoms with E-state index in [1.165, 1.54) is 12.0 Å². The molecule has 4 rings (SSSR count). The Morgan fingerprint density at radius 2 is 2.18 bits per heavy atom. The summed E-state index contributed by atoms with van der Waals surface area (Å²) in [5.41, 5.74) is 0.905. The first-order valence-corrected chi connectivity index (χ1v) is 8.80. The monoisotopic (exact) mass is 386 g/mol. The van der Waals surface area contributed by atoms with Crippen LogP contribution in [0.5, 0.6) is 0 Å². The molecule has 2 aromatic heterocycles. The SMILES string of the molecule is COC(=O)CCN1C(=O)C2C(=Nc3n(Cc4ccco4)c(C)c[n+]32)N(C)C1=O. The number of imidazole rings is 1. The van der Waals surface area contributed by atoms with Gasteiger partial charge in [0.05, 0.1) is 19.8 Å². The van der Waals surface area contributed by atoms with Crippen molar-refractivity contribution in [3.63, 3.8) is 0 Å². The van der Waals surface area contributed by atoms with E-state index in [2.05, 4.69) is 9.73 Å². The fourth-order valence-electron chi connectivity index (χ4n) is 3.50. The van der Waals surface area contributed by atoms with Crippen molar-refractivity contribution in [1.82, 2.24) is 14.4 Å². The average molecular weight is 386 g/mol. The molecule has 1 unspecified atom stereocenters. The topological polar surface area (TPSA) is 101 Å². The Kier molecular flexibility index (Phi) is 4.25. The number of carbonyl (C=O) groups is 3. The molecule has 10 heteroatoms. The first kappa shape index (κ1) is 18.0. The number of amides is 3. The molecule has 146 valence electrons. The molecule has 2 aliphatic heterocycles. The van der Waals surface area contributed by atoms with Crippen molar-refractivity contribution in [3.05, 3.63) is 36.0 Å². The Labute approximate surface area is 160 Å². The standard InChI is InChI=1S/C18H20N5O5/c1-11-9-23-14-15(19-17(23)22(11)10-12-5-4-8-28-12)20(2)18(26)21(16(14)25)7-6-13(24)27-3/h4-5,8-9,14H,6-7,10H2,1-3H3/q+1. The molecule has 0 N–H and O–H groups in total. The highest BCUT2D eigenvalue weighted by Crippen LogP contribution is 2.29. The Bertz CT molecular complexity index is 990. The van der Waals surface area contributed by atoms with Crippen LogP contribution in [-0.4, -0.2) is 58.8 Å². The van der Waals surface area contributed by atoms with Gasteiger partial charge in [-0.25, -0.2) is 13.9 Å². The van der Waals surface area contributed by atoms with Gasteiger partial charge in [-0.3, -0.25) is 19.4 Å². The van der Waals surface area contributed by atoms with Gasteiger partial charge in [0.25, 0.3) is 5.91 Å². The Balaban J connectivity index is 1.68. The number of rotatable bonds is 5. The zero-order chi connectivity index (χ0) is 20.0. The number of methoxy groups -OCH3 is 1. The lowest BCUT2D eigenvalue weighted by molar-refractivity contribution is -0.677. The minimum atomic E-state index is -0.744. The lowest BCUT2D eigenvalue weighted by atomic mass is 10.1. The highest BCUT2D eigenvalue weighted by Gasteiger charge is 2.53. The molecule has 0 radical (unpaired) electrons. The number of aryl methyl sites for hydroxylation is 1. The van der Waals surface area contributed by atoms with E-state index in [4.69, 9.17) is 4.42 Å². The van der Waals surface area contributed by atoms with E-state index >= 15 is 0 Å². The van der Waals surface area contributed by atoms with Crippen LogP contribution in [0, 0.1) is 6.92 Å². The van der Waals surface area contributed by atoms with Gasteiger partial charge in [0.15, 0.2) is 0 Å². The number of urea groups is 1. The number of carbonyl (C=O) groups excluding carboxylic acids is 3. The number of furan rings is 1. The van der Waals surface area contributed by atoms with Gasteiger partial charge in [-0.05, 0) is 19.1 Å². The van der Waals surface area contributed by atoms with Crippen molar-refractivity contribution in [3.8, 4) is 0 Å². The van der Waals surface area contributed by atoms with E-state index in [0.29, 0.717) is 18.3 Å². The number of aliphatic imine (C=N–C) groups is 1. The van der Waals surface area contributed by atoms with Gasteiger partial charge in [-0.1, -0.05) is 4.99 Å². The Morgan fingerprint density at radius 1 is 1.39 bits per heavy atom. The Morgan fingerprint density at radius 3 is 2.86 bits per heavy atom. The summed E-state index contributed by atoms with van der Waals surface area (Å²) in [5.74, 6) is 0.796. The maximum Gasteiger partial charge on any atom is 0.402 e. The van der Waals surface area contributed by atoms with Crippen molar-refractivity contribution in [2.75, 3.05) is 20.7 Å². The minimum absolute atomic E-state index is 0.0412. The lowest BCUT2D eigenvalue weighted by Gasteiger charge is -2.32. The first-order chi connectivity index (χ1) is 13.4. The van der Waals surface area contributed by atoms with Gasteiger partial charge in [-0.2, -0.15) is 0 Å². The fourth-order valence-corrected chi connectivity index (χ4v) is 3.50. The summed E-state index contributed by atoms with van der Waals surface area (Å²) in [5, 5.41) is 0. The molecule has 0 aromatic carbocycles. The minimum Gasteiger partial charge on any atom is -0.469 e. The van der Waals surface area contributed by atoms with E-state index in [1.807, 2.05) is 29.8 Å². The maximum atomic E-state index is 13.1. The number of amidine groups is 1. The summed E-state index contributed by atoms with van der Waals surface area (Å²) in [6, 6.07) is 2.42. The summed E-state index contributed by atoms with van der Waals surface area (Å²) >= 11 is 0. The van der Waals surface area contributed by atoms with Crippen LogP contribution >= 0.6 is 0 Å². The molecule has 0 saturated carbocycles. The molecule has 4 heterocycles. The molecule has 28 heavy (non-hydrogen) atoms. The normalized spacial score (nSPS) is 18.2.